The van der Waals surface area contributed by atoms with E-state index in [1.54, 1.807) is 42.3 Å². The molecule has 3 N–H and O–H groups in total. The topological polar surface area (TPSA) is 108 Å². The molecule has 4 rings (SSSR count). The van der Waals surface area contributed by atoms with Crippen LogP contribution in [0.5, 0.6) is 0 Å². The number of nitrogens with one attached hydrogen (secondary N) is 3. The van der Waals surface area contributed by atoms with Crippen LogP contribution >= 0.6 is 0 Å². The smallest absolute Gasteiger partial charge is 0.322 e. The highest BCUT2D eigenvalue weighted by Gasteiger charge is 2.43. The zero-order valence-electron chi connectivity index (χ0n) is 17.1. The number of rotatable bonds is 4. The van der Waals surface area contributed by atoms with Crippen LogP contribution in [0.2, 0.25) is 0 Å². The quantitative estimate of drug-likeness (QED) is 0.664. The highest BCUT2D eigenvalue weighted by atomic mass is 16.2. The first-order valence-electron chi connectivity index (χ1n) is 9.88. The number of carbonyl (C=O) groups excluding carboxylic acids is 4. The number of anilines is 1. The van der Waals surface area contributed by atoms with Gasteiger partial charge in [-0.05, 0) is 41.8 Å². The minimum Gasteiger partial charge on any atom is -0.326 e. The van der Waals surface area contributed by atoms with Crippen molar-refractivity contribution in [3.63, 3.8) is 0 Å². The Morgan fingerprint density at radius 1 is 1.13 bits per heavy atom. The van der Waals surface area contributed by atoms with Crippen LogP contribution in [0.3, 0.4) is 0 Å². The Bertz CT molecular complexity index is 1130. The molecule has 0 saturated carbocycles. The van der Waals surface area contributed by atoms with Crippen LogP contribution in [-0.2, 0) is 19.9 Å². The lowest BCUT2D eigenvalue weighted by molar-refractivity contribution is -0.129. The molecule has 2 aromatic rings. The Labute approximate surface area is 179 Å². The molecule has 0 aromatic heterocycles. The summed E-state index contributed by atoms with van der Waals surface area (Å²) in [6, 6.07) is 13.4. The van der Waals surface area contributed by atoms with Gasteiger partial charge in [0.25, 0.3) is 5.91 Å². The summed E-state index contributed by atoms with van der Waals surface area (Å²) in [6.07, 6.45) is 3.63. The van der Waals surface area contributed by atoms with Crippen molar-refractivity contribution in [3.8, 4) is 0 Å². The molecule has 2 atom stereocenters. The third-order valence-corrected chi connectivity index (χ3v) is 5.62. The van der Waals surface area contributed by atoms with Gasteiger partial charge < -0.3 is 15.5 Å². The first kappa shape index (κ1) is 20.3. The summed E-state index contributed by atoms with van der Waals surface area (Å²) in [4.78, 5) is 50.3. The van der Waals surface area contributed by atoms with E-state index in [0.717, 1.165) is 11.1 Å². The van der Waals surface area contributed by atoms with Crippen molar-refractivity contribution >= 4 is 35.5 Å². The molecule has 158 valence electrons. The van der Waals surface area contributed by atoms with E-state index in [9.17, 15) is 19.2 Å². The molecular weight excluding hydrogens is 396 g/mol. The monoisotopic (exact) mass is 418 g/mol. The van der Waals surface area contributed by atoms with E-state index in [1.807, 2.05) is 30.3 Å². The number of carbonyl (C=O) groups is 4. The van der Waals surface area contributed by atoms with Crippen molar-refractivity contribution in [1.82, 2.24) is 15.5 Å². The van der Waals surface area contributed by atoms with Crippen molar-refractivity contribution in [3.05, 3.63) is 71.4 Å². The van der Waals surface area contributed by atoms with Gasteiger partial charge in [0.15, 0.2) is 0 Å². The van der Waals surface area contributed by atoms with Crippen LogP contribution in [0.4, 0.5) is 10.5 Å². The average Bonchev–Trinajstić information content (AvgIpc) is 3.00. The Morgan fingerprint density at radius 3 is 2.61 bits per heavy atom. The van der Waals surface area contributed by atoms with Crippen LogP contribution in [0.1, 0.15) is 43.0 Å². The fraction of sp³-hybridized carbons (Fsp3) is 0.217. The molecule has 2 aromatic carbocycles. The highest BCUT2D eigenvalue weighted by Crippen LogP contribution is 2.33. The predicted molar refractivity (Wildman–Crippen MR) is 114 cm³/mol. The van der Waals surface area contributed by atoms with Gasteiger partial charge in [-0.1, -0.05) is 36.4 Å². The number of hydrogen-bond donors (Lipinski definition) is 3. The van der Waals surface area contributed by atoms with E-state index in [2.05, 4.69) is 16.0 Å². The lowest BCUT2D eigenvalue weighted by atomic mass is 9.92. The molecule has 2 aliphatic heterocycles. The number of hydrogen-bond acceptors (Lipinski definition) is 4. The van der Waals surface area contributed by atoms with Gasteiger partial charge >= 0.3 is 6.03 Å². The lowest BCUT2D eigenvalue weighted by Crippen LogP contribution is -2.40. The zero-order chi connectivity index (χ0) is 22.2. The van der Waals surface area contributed by atoms with Gasteiger partial charge in [-0.2, -0.15) is 0 Å². The normalized spacial score (nSPS) is 21.9. The molecule has 31 heavy (non-hydrogen) atoms. The molecule has 0 unspecified atom stereocenters. The molecular formula is C23H22N4O4. The van der Waals surface area contributed by atoms with Gasteiger partial charge in [0, 0.05) is 18.8 Å². The maximum absolute atomic E-state index is 12.9. The Kier molecular flexibility index (Phi) is 5.06. The average molecular weight is 418 g/mol. The number of benzene rings is 2. The van der Waals surface area contributed by atoms with E-state index in [4.69, 9.17) is 0 Å². The van der Waals surface area contributed by atoms with Gasteiger partial charge in [0.2, 0.25) is 11.8 Å². The fourth-order valence-corrected chi connectivity index (χ4v) is 3.96. The molecule has 1 fully saturated rings. The minimum absolute atomic E-state index is 0.0691. The summed E-state index contributed by atoms with van der Waals surface area (Å²) in [5.41, 5.74) is 1.70. The molecule has 0 spiro atoms. The van der Waals surface area contributed by atoms with E-state index < -0.39 is 23.5 Å². The molecule has 5 amide bonds. The summed E-state index contributed by atoms with van der Waals surface area (Å²) >= 11 is 0. The largest absolute Gasteiger partial charge is 0.326 e. The zero-order valence-corrected chi connectivity index (χ0v) is 17.1. The second-order valence-electron chi connectivity index (χ2n) is 7.75. The van der Waals surface area contributed by atoms with Crippen molar-refractivity contribution in [1.29, 1.82) is 0 Å². The Balaban J connectivity index is 1.54. The van der Waals surface area contributed by atoms with Crippen LogP contribution in [-0.4, -0.2) is 28.7 Å². The predicted octanol–water partition coefficient (Wildman–Crippen LogP) is 2.64. The summed E-state index contributed by atoms with van der Waals surface area (Å²) in [5.74, 6) is -0.881. The third kappa shape index (κ3) is 3.79. The van der Waals surface area contributed by atoms with Crippen LogP contribution < -0.4 is 16.0 Å². The summed E-state index contributed by atoms with van der Waals surface area (Å²) in [7, 11) is 0. The maximum Gasteiger partial charge on any atom is 0.322 e. The summed E-state index contributed by atoms with van der Waals surface area (Å²) in [5, 5.41) is 7.67. The lowest BCUT2D eigenvalue weighted by Gasteiger charge is -2.32. The number of fused-ring (bicyclic) bond motifs is 1. The van der Waals surface area contributed by atoms with Crippen molar-refractivity contribution in [2.45, 2.75) is 31.8 Å². The molecule has 0 radical (unpaired) electrons. The second-order valence-corrected chi connectivity index (χ2v) is 7.75. The van der Waals surface area contributed by atoms with Gasteiger partial charge in [-0.3, -0.25) is 19.7 Å². The number of imide groups is 1. The van der Waals surface area contributed by atoms with Crippen LogP contribution in [0.25, 0.3) is 6.08 Å². The van der Waals surface area contributed by atoms with Crippen molar-refractivity contribution in [2.24, 2.45) is 0 Å². The highest BCUT2D eigenvalue weighted by molar-refractivity contribution is 6.07. The molecule has 8 heteroatoms. The van der Waals surface area contributed by atoms with Crippen LogP contribution in [0.15, 0.2) is 54.7 Å². The van der Waals surface area contributed by atoms with Gasteiger partial charge in [0.1, 0.15) is 5.54 Å². The van der Waals surface area contributed by atoms with Crippen molar-refractivity contribution < 1.29 is 19.2 Å². The molecule has 8 nitrogen and oxygen atoms in total. The molecule has 2 heterocycles. The first-order valence-corrected chi connectivity index (χ1v) is 9.88. The molecule has 1 saturated heterocycles. The number of amides is 5. The second kappa shape index (κ2) is 7.71. The fourth-order valence-electron chi connectivity index (χ4n) is 3.96. The SMILES string of the molecule is CC(=O)N1C=Cc2ccccc2[C@H]1CC(=O)Nc1cccc([C@]2(C)NC(=O)NC2=O)c1. The summed E-state index contributed by atoms with van der Waals surface area (Å²) < 4.78 is 0. The number of urea groups is 1. The van der Waals surface area contributed by atoms with E-state index >= 15 is 0 Å². The Morgan fingerprint density at radius 2 is 1.90 bits per heavy atom. The van der Waals surface area contributed by atoms with Gasteiger partial charge in [-0.15, -0.1) is 0 Å². The molecule has 2 aliphatic rings. The molecule has 0 aliphatic carbocycles. The third-order valence-electron chi connectivity index (χ3n) is 5.62. The Hall–Kier alpha value is -3.94. The van der Waals surface area contributed by atoms with Crippen molar-refractivity contribution in [2.75, 3.05) is 5.32 Å². The van der Waals surface area contributed by atoms with E-state index in [0.29, 0.717) is 11.3 Å². The minimum atomic E-state index is -1.21. The summed E-state index contributed by atoms with van der Waals surface area (Å²) in [6.45, 7) is 3.07. The van der Waals surface area contributed by atoms with E-state index in [1.165, 1.54) is 6.92 Å². The first-order chi connectivity index (χ1) is 14.8. The number of nitrogens with zero attached hydrogens (tertiary/aromatic N) is 1. The van der Waals surface area contributed by atoms with Crippen LogP contribution in [0, 0.1) is 0 Å². The maximum atomic E-state index is 12.9. The standard InChI is InChI=1S/C23H22N4O4/c1-14(28)27-11-10-15-6-3-4-9-18(15)19(27)13-20(29)24-17-8-5-7-16(12-17)23(2)21(30)25-22(31)26-23/h3-12,19H,13H2,1-2H3,(H,24,29)(H2,25,26,30,31)/t19-,23+/m1/s1. The van der Waals surface area contributed by atoms with E-state index in [-0.39, 0.29) is 18.2 Å². The molecule has 0 bridgehead atoms. The van der Waals surface area contributed by atoms with Gasteiger partial charge in [-0.25, -0.2) is 4.79 Å². The van der Waals surface area contributed by atoms with Gasteiger partial charge in [0.05, 0.1) is 12.5 Å².